The number of thiophene rings is 1. The van der Waals surface area contributed by atoms with E-state index in [0.29, 0.717) is 5.82 Å². The Labute approximate surface area is 330 Å². The first-order chi connectivity index (χ1) is 27.8. The van der Waals surface area contributed by atoms with Crippen molar-refractivity contribution in [3.8, 4) is 56.2 Å². The van der Waals surface area contributed by atoms with Gasteiger partial charge in [-0.2, -0.15) is 0 Å². The summed E-state index contributed by atoms with van der Waals surface area (Å²) in [6, 6.07) is 74.4. The molecule has 8 aromatic carbocycles. The van der Waals surface area contributed by atoms with Gasteiger partial charge in [-0.25, -0.2) is 9.97 Å². The molecule has 0 saturated carbocycles. The van der Waals surface area contributed by atoms with Crippen molar-refractivity contribution in [2.24, 2.45) is 0 Å². The molecule has 0 N–H and O–H groups in total. The van der Waals surface area contributed by atoms with Crippen LogP contribution >= 0.6 is 11.3 Å². The van der Waals surface area contributed by atoms with Gasteiger partial charge in [0.2, 0.25) is 0 Å². The molecular weight excluding hydrogens is 697 g/mol. The lowest BCUT2D eigenvalue weighted by Gasteiger charge is -2.34. The zero-order chi connectivity index (χ0) is 37.1. The third-order valence-electron chi connectivity index (χ3n) is 11.4. The number of nitrogens with zero attached hydrogens (tertiary/aromatic N) is 2. The van der Waals surface area contributed by atoms with Gasteiger partial charge in [0.25, 0.3) is 0 Å². The highest BCUT2D eigenvalue weighted by atomic mass is 32.1. The van der Waals surface area contributed by atoms with Gasteiger partial charge in [-0.05, 0) is 74.8 Å². The Morgan fingerprint density at radius 1 is 0.357 bits per heavy atom. The summed E-state index contributed by atoms with van der Waals surface area (Å²) in [5.74, 6) is 0.704. The molecule has 2 aromatic heterocycles. The zero-order valence-electron chi connectivity index (χ0n) is 30.4. The molecule has 0 aliphatic heterocycles. The minimum absolute atomic E-state index is 0.496. The van der Waals surface area contributed by atoms with E-state index >= 15 is 0 Å². The average Bonchev–Trinajstić information content (AvgIpc) is 3.81. The molecule has 1 aliphatic rings. The second-order valence-corrected chi connectivity index (χ2v) is 15.6. The van der Waals surface area contributed by atoms with Gasteiger partial charge in [-0.1, -0.05) is 176 Å². The number of aromatic nitrogens is 2. The Bertz CT molecular complexity index is 3040. The Kier molecular flexibility index (Phi) is 7.61. The van der Waals surface area contributed by atoms with Gasteiger partial charge < -0.3 is 0 Å². The molecule has 3 heteroatoms. The maximum Gasteiger partial charge on any atom is 0.160 e. The van der Waals surface area contributed by atoms with Crippen LogP contribution < -0.4 is 0 Å². The highest BCUT2D eigenvalue weighted by molar-refractivity contribution is 7.25. The van der Waals surface area contributed by atoms with Crippen LogP contribution in [-0.2, 0) is 5.41 Å². The second-order valence-electron chi connectivity index (χ2n) is 14.5. The molecule has 2 heterocycles. The Hall–Kier alpha value is -6.94. The smallest absolute Gasteiger partial charge is 0.160 e. The van der Waals surface area contributed by atoms with Crippen LogP contribution in [0.5, 0.6) is 0 Å². The van der Waals surface area contributed by atoms with Crippen LogP contribution in [0.15, 0.2) is 206 Å². The molecule has 0 amide bonds. The summed E-state index contributed by atoms with van der Waals surface area (Å²) in [6.45, 7) is 0. The summed E-state index contributed by atoms with van der Waals surface area (Å²) in [4.78, 5) is 10.6. The summed E-state index contributed by atoms with van der Waals surface area (Å²) >= 11 is 1.85. The van der Waals surface area contributed by atoms with E-state index in [2.05, 4.69) is 200 Å². The van der Waals surface area contributed by atoms with E-state index in [0.717, 1.165) is 28.1 Å². The molecule has 0 radical (unpaired) electrons. The second kappa shape index (κ2) is 13.1. The van der Waals surface area contributed by atoms with Crippen LogP contribution in [0.4, 0.5) is 0 Å². The quantitative estimate of drug-likeness (QED) is 0.170. The monoisotopic (exact) mass is 730 g/mol. The van der Waals surface area contributed by atoms with Crippen LogP contribution in [0, 0.1) is 0 Å². The van der Waals surface area contributed by atoms with Crippen LogP contribution in [0.3, 0.4) is 0 Å². The zero-order valence-corrected chi connectivity index (χ0v) is 31.2. The van der Waals surface area contributed by atoms with E-state index in [1.165, 1.54) is 64.7 Å². The van der Waals surface area contributed by atoms with Crippen molar-refractivity contribution < 1.29 is 0 Å². The summed E-state index contributed by atoms with van der Waals surface area (Å²) in [5, 5.41) is 2.60. The average molecular weight is 731 g/mol. The predicted molar refractivity (Wildman–Crippen MR) is 234 cm³/mol. The lowest BCUT2D eigenvalue weighted by atomic mass is 9.67. The molecule has 10 aromatic rings. The van der Waals surface area contributed by atoms with E-state index in [1.807, 2.05) is 17.4 Å². The van der Waals surface area contributed by atoms with Crippen molar-refractivity contribution in [1.82, 2.24) is 9.97 Å². The molecule has 1 aliphatic carbocycles. The Morgan fingerprint density at radius 2 is 0.911 bits per heavy atom. The fraction of sp³-hybridized carbons (Fsp3) is 0.0189. The SMILES string of the molecule is c1ccc(-c2nc(-c3cccc(-c4cccc5sc6ccccc6c45)c3)cc(-c3ccc4c(c3)C(c3ccccc3)(c3ccccc3)c3ccccc3-4)n2)cc1. The van der Waals surface area contributed by atoms with Crippen molar-refractivity contribution in [1.29, 1.82) is 0 Å². The molecule has 2 nitrogen and oxygen atoms in total. The largest absolute Gasteiger partial charge is 0.228 e. The molecule has 56 heavy (non-hydrogen) atoms. The van der Waals surface area contributed by atoms with Gasteiger partial charge in [0.1, 0.15) is 0 Å². The van der Waals surface area contributed by atoms with Crippen molar-refractivity contribution in [2.75, 3.05) is 0 Å². The molecule has 0 saturated heterocycles. The third kappa shape index (κ3) is 5.09. The molecule has 0 bridgehead atoms. The Morgan fingerprint density at radius 3 is 1.68 bits per heavy atom. The molecular formula is C53H34N2S. The fourth-order valence-corrected chi connectivity index (χ4v) is 10.1. The summed E-state index contributed by atoms with van der Waals surface area (Å²) in [7, 11) is 0. The highest BCUT2D eigenvalue weighted by Gasteiger charge is 2.46. The molecule has 0 spiro atoms. The number of rotatable bonds is 6. The van der Waals surface area contributed by atoms with E-state index in [4.69, 9.17) is 9.97 Å². The predicted octanol–water partition coefficient (Wildman–Crippen LogP) is 13.9. The molecule has 0 atom stereocenters. The van der Waals surface area contributed by atoms with Crippen molar-refractivity contribution >= 4 is 31.5 Å². The first-order valence-electron chi connectivity index (χ1n) is 19.1. The third-order valence-corrected chi connectivity index (χ3v) is 12.5. The number of fused-ring (bicyclic) bond motifs is 6. The molecule has 262 valence electrons. The summed E-state index contributed by atoms with van der Waals surface area (Å²) < 4.78 is 2.60. The van der Waals surface area contributed by atoms with Crippen LogP contribution in [0.25, 0.3) is 76.3 Å². The van der Waals surface area contributed by atoms with Gasteiger partial charge >= 0.3 is 0 Å². The topological polar surface area (TPSA) is 25.8 Å². The number of hydrogen-bond acceptors (Lipinski definition) is 3. The van der Waals surface area contributed by atoms with E-state index in [-0.39, 0.29) is 0 Å². The molecule has 0 fully saturated rings. The van der Waals surface area contributed by atoms with E-state index < -0.39 is 5.41 Å². The van der Waals surface area contributed by atoms with Gasteiger partial charge in [0, 0.05) is 36.9 Å². The first kappa shape index (κ1) is 32.5. The lowest BCUT2D eigenvalue weighted by molar-refractivity contribution is 0.768. The maximum atomic E-state index is 5.31. The maximum absolute atomic E-state index is 5.31. The first-order valence-corrected chi connectivity index (χ1v) is 19.9. The fourth-order valence-electron chi connectivity index (χ4n) is 8.92. The Balaban J connectivity index is 1.12. The number of hydrogen-bond donors (Lipinski definition) is 0. The molecule has 0 unspecified atom stereocenters. The van der Waals surface area contributed by atoms with E-state index in [9.17, 15) is 0 Å². The van der Waals surface area contributed by atoms with Crippen molar-refractivity contribution in [2.45, 2.75) is 5.41 Å². The van der Waals surface area contributed by atoms with Crippen LogP contribution in [-0.4, -0.2) is 9.97 Å². The summed E-state index contributed by atoms with van der Waals surface area (Å²) in [5.41, 5.74) is 14.3. The highest BCUT2D eigenvalue weighted by Crippen LogP contribution is 2.56. The minimum Gasteiger partial charge on any atom is -0.228 e. The summed E-state index contributed by atoms with van der Waals surface area (Å²) in [6.07, 6.45) is 0. The van der Waals surface area contributed by atoms with Gasteiger partial charge in [-0.15, -0.1) is 11.3 Å². The van der Waals surface area contributed by atoms with Crippen molar-refractivity contribution in [3.63, 3.8) is 0 Å². The van der Waals surface area contributed by atoms with Crippen LogP contribution in [0.1, 0.15) is 22.3 Å². The van der Waals surface area contributed by atoms with Crippen LogP contribution in [0.2, 0.25) is 0 Å². The number of benzene rings is 8. The normalized spacial score (nSPS) is 12.8. The van der Waals surface area contributed by atoms with E-state index in [1.54, 1.807) is 0 Å². The molecule has 11 rings (SSSR count). The minimum atomic E-state index is -0.496. The lowest BCUT2D eigenvalue weighted by Crippen LogP contribution is -2.28. The van der Waals surface area contributed by atoms with Gasteiger partial charge in [-0.3, -0.25) is 0 Å². The van der Waals surface area contributed by atoms with Crippen molar-refractivity contribution in [3.05, 3.63) is 229 Å². The van der Waals surface area contributed by atoms with Gasteiger partial charge in [0.15, 0.2) is 5.82 Å². The van der Waals surface area contributed by atoms with Gasteiger partial charge in [0.05, 0.1) is 16.8 Å². The standard InChI is InChI=1S/C53H34N2S/c1-4-16-35(17-5-1)52-54-47(37-19-14-18-36(32-37)41-26-15-29-50-51(41)44-25-11-13-28-49(44)56-50)34-48(55-52)38-30-31-43-42-24-10-12-27-45(42)53(46(43)33-38,39-20-6-2-7-21-39)40-22-8-3-9-23-40/h1-34H.